The zero-order valence-corrected chi connectivity index (χ0v) is 17.7. The lowest BCUT2D eigenvalue weighted by molar-refractivity contribution is -0.139. The molecule has 0 saturated carbocycles. The Hall–Kier alpha value is -2.08. The molecule has 1 fully saturated rings. The van der Waals surface area contributed by atoms with E-state index < -0.39 is 0 Å². The van der Waals surface area contributed by atoms with Gasteiger partial charge in [0, 0.05) is 13.1 Å². The summed E-state index contributed by atoms with van der Waals surface area (Å²) in [6.07, 6.45) is 2.59. The molecule has 5 nitrogen and oxygen atoms in total. The zero-order chi connectivity index (χ0) is 19.8. The van der Waals surface area contributed by atoms with Crippen LogP contribution in [0, 0.1) is 5.92 Å². The van der Waals surface area contributed by atoms with Crippen LogP contribution in [0.2, 0.25) is 0 Å². The normalized spacial score (nSPS) is 16.3. The predicted molar refractivity (Wildman–Crippen MR) is 116 cm³/mol. The largest absolute Gasteiger partial charge is 0.491 e. The molecule has 158 valence electrons. The summed E-state index contributed by atoms with van der Waals surface area (Å²) in [6, 6.07) is 16.4. The predicted octanol–water partition coefficient (Wildman–Crippen LogP) is 3.26. The first-order valence-corrected chi connectivity index (χ1v) is 9.86. The highest BCUT2D eigenvalue weighted by molar-refractivity contribution is 5.85. The molecule has 6 heteroatoms. The molecule has 1 aliphatic rings. The smallest absolute Gasteiger partial charge is 0.309 e. The molecule has 1 N–H and O–H groups in total. The maximum atomic E-state index is 11.4. The number of carbonyl (C=O) groups excluding carboxylic acids is 1. The molecule has 0 amide bonds. The van der Waals surface area contributed by atoms with Gasteiger partial charge in [-0.2, -0.15) is 0 Å². The minimum absolute atomic E-state index is 0. The molecule has 2 aromatic rings. The number of likely N-dealkylation sites (tertiary alicyclic amines) is 1. The van der Waals surface area contributed by atoms with Gasteiger partial charge in [0.25, 0.3) is 0 Å². The summed E-state index contributed by atoms with van der Waals surface area (Å²) in [5.74, 6) is 1.26. The Balaban J connectivity index is 0.00000300. The molecule has 2 aromatic carbocycles. The van der Waals surface area contributed by atoms with Crippen molar-refractivity contribution in [1.82, 2.24) is 4.90 Å². The molecule has 1 atom stereocenters. The van der Waals surface area contributed by atoms with Crippen molar-refractivity contribution < 1.29 is 19.4 Å². The molecule has 0 spiro atoms. The van der Waals surface area contributed by atoms with Crippen LogP contribution in [0.4, 0.5) is 0 Å². The van der Waals surface area contributed by atoms with Crippen molar-refractivity contribution in [2.45, 2.75) is 25.8 Å². The molecule has 1 unspecified atom stereocenters. The first-order valence-electron chi connectivity index (χ1n) is 9.86. The minimum atomic E-state index is -0.204. The summed E-state index contributed by atoms with van der Waals surface area (Å²) in [5, 5.41) is 8.89. The van der Waals surface area contributed by atoms with E-state index in [9.17, 15) is 4.79 Å². The number of aliphatic hydroxyl groups excluding tert-OH is 1. The van der Waals surface area contributed by atoms with Gasteiger partial charge in [-0.05, 0) is 54.1 Å². The lowest BCUT2D eigenvalue weighted by Gasteiger charge is -2.17. The van der Waals surface area contributed by atoms with E-state index >= 15 is 0 Å². The monoisotopic (exact) mass is 419 g/mol. The van der Waals surface area contributed by atoms with Crippen molar-refractivity contribution in [3.8, 4) is 5.75 Å². The summed E-state index contributed by atoms with van der Waals surface area (Å²) < 4.78 is 10.2. The van der Waals surface area contributed by atoms with Crippen LogP contribution < -0.4 is 4.74 Å². The van der Waals surface area contributed by atoms with Crippen molar-refractivity contribution in [3.05, 3.63) is 65.2 Å². The van der Waals surface area contributed by atoms with Gasteiger partial charge in [-0.25, -0.2) is 0 Å². The topological polar surface area (TPSA) is 59.0 Å². The van der Waals surface area contributed by atoms with Crippen LogP contribution in [0.1, 0.15) is 23.1 Å². The average Bonchev–Trinajstić information content (AvgIpc) is 3.14. The van der Waals surface area contributed by atoms with Gasteiger partial charge in [0.15, 0.2) is 0 Å². The molecule has 0 aliphatic carbocycles. The van der Waals surface area contributed by atoms with Crippen LogP contribution in [0.15, 0.2) is 48.5 Å². The number of ether oxygens (including phenoxy) is 2. The Labute approximate surface area is 179 Å². The van der Waals surface area contributed by atoms with Crippen LogP contribution >= 0.6 is 12.4 Å². The van der Waals surface area contributed by atoms with Crippen molar-refractivity contribution in [1.29, 1.82) is 0 Å². The number of methoxy groups -OCH3 is 1. The minimum Gasteiger partial charge on any atom is -0.491 e. The quantitative estimate of drug-likeness (QED) is 0.632. The number of hydrogen-bond acceptors (Lipinski definition) is 5. The molecule has 1 heterocycles. The van der Waals surface area contributed by atoms with Gasteiger partial charge in [-0.1, -0.05) is 36.4 Å². The van der Waals surface area contributed by atoms with Crippen LogP contribution in [0.25, 0.3) is 0 Å². The van der Waals surface area contributed by atoms with Gasteiger partial charge in [0.05, 0.1) is 20.1 Å². The van der Waals surface area contributed by atoms with Crippen molar-refractivity contribution >= 4 is 18.4 Å². The van der Waals surface area contributed by atoms with Crippen molar-refractivity contribution in [3.63, 3.8) is 0 Å². The highest BCUT2D eigenvalue weighted by Gasteiger charge is 2.22. The van der Waals surface area contributed by atoms with Gasteiger partial charge < -0.3 is 14.6 Å². The van der Waals surface area contributed by atoms with E-state index in [2.05, 4.69) is 29.2 Å². The third-order valence-corrected chi connectivity index (χ3v) is 5.16. The lowest BCUT2D eigenvalue weighted by Crippen LogP contribution is -2.20. The number of halogens is 1. The Morgan fingerprint density at radius 3 is 2.62 bits per heavy atom. The fourth-order valence-corrected chi connectivity index (χ4v) is 3.74. The second-order valence-electron chi connectivity index (χ2n) is 7.38. The SMILES string of the molecule is COC(=O)Cc1ccc(CC2CCN(Cc3cccc(OCCO)c3)C2)cc1.Cl. The fourth-order valence-electron chi connectivity index (χ4n) is 3.74. The number of esters is 1. The summed E-state index contributed by atoms with van der Waals surface area (Å²) in [4.78, 5) is 13.8. The number of carbonyl (C=O) groups is 1. The van der Waals surface area contributed by atoms with Gasteiger partial charge in [-0.3, -0.25) is 9.69 Å². The van der Waals surface area contributed by atoms with Crippen molar-refractivity contribution in [2.24, 2.45) is 5.92 Å². The van der Waals surface area contributed by atoms with Gasteiger partial charge in [0.1, 0.15) is 12.4 Å². The number of nitrogens with zero attached hydrogens (tertiary/aromatic N) is 1. The van der Waals surface area contributed by atoms with Gasteiger partial charge >= 0.3 is 5.97 Å². The average molecular weight is 420 g/mol. The molecule has 1 aliphatic heterocycles. The van der Waals surface area contributed by atoms with E-state index in [0.717, 1.165) is 37.4 Å². The lowest BCUT2D eigenvalue weighted by atomic mass is 9.97. The molecule has 29 heavy (non-hydrogen) atoms. The van der Waals surface area contributed by atoms with Crippen LogP contribution in [0.5, 0.6) is 5.75 Å². The highest BCUT2D eigenvalue weighted by atomic mass is 35.5. The second-order valence-corrected chi connectivity index (χ2v) is 7.38. The summed E-state index contributed by atoms with van der Waals surface area (Å²) >= 11 is 0. The summed E-state index contributed by atoms with van der Waals surface area (Å²) in [6.45, 7) is 3.47. The number of rotatable bonds is 9. The molecule has 0 aromatic heterocycles. The maximum absolute atomic E-state index is 11.4. The zero-order valence-electron chi connectivity index (χ0n) is 16.9. The Morgan fingerprint density at radius 1 is 1.14 bits per heavy atom. The molecular weight excluding hydrogens is 390 g/mol. The molecular formula is C23H30ClNO4. The maximum Gasteiger partial charge on any atom is 0.309 e. The summed E-state index contributed by atoms with van der Waals surface area (Å²) in [7, 11) is 1.42. The van der Waals surface area contributed by atoms with E-state index in [4.69, 9.17) is 14.6 Å². The third kappa shape index (κ3) is 7.35. The standard InChI is InChI=1S/C23H29NO4.ClH/c1-27-23(26)15-19-7-5-18(6-8-19)13-21-9-10-24(17-21)16-20-3-2-4-22(14-20)28-12-11-25;/h2-8,14,21,25H,9-13,15-17H2,1H3;1H. The Kier molecular flexibility index (Phi) is 9.45. The highest BCUT2D eigenvalue weighted by Crippen LogP contribution is 2.24. The first kappa shape index (κ1) is 23.2. The third-order valence-electron chi connectivity index (χ3n) is 5.16. The second kappa shape index (κ2) is 11.8. The van der Waals surface area contributed by atoms with E-state index in [0.29, 0.717) is 18.9 Å². The Bertz CT molecular complexity index is 766. The van der Waals surface area contributed by atoms with Gasteiger partial charge in [-0.15, -0.1) is 12.4 Å². The Morgan fingerprint density at radius 2 is 1.90 bits per heavy atom. The molecule has 0 bridgehead atoms. The van der Waals surface area contributed by atoms with Crippen LogP contribution in [-0.2, 0) is 28.9 Å². The summed E-state index contributed by atoms with van der Waals surface area (Å²) in [5.41, 5.74) is 3.55. The van der Waals surface area contributed by atoms with E-state index in [1.54, 1.807) is 0 Å². The molecule has 3 rings (SSSR count). The first-order chi connectivity index (χ1) is 13.7. The molecule has 0 radical (unpaired) electrons. The number of hydrogen-bond donors (Lipinski definition) is 1. The van der Waals surface area contributed by atoms with Gasteiger partial charge in [0.2, 0.25) is 0 Å². The number of benzene rings is 2. The van der Waals surface area contributed by atoms with E-state index in [-0.39, 0.29) is 25.0 Å². The van der Waals surface area contributed by atoms with E-state index in [1.807, 2.05) is 24.3 Å². The van der Waals surface area contributed by atoms with Crippen molar-refractivity contribution in [2.75, 3.05) is 33.4 Å². The molecule has 1 saturated heterocycles. The van der Waals surface area contributed by atoms with E-state index in [1.165, 1.54) is 24.7 Å². The van der Waals surface area contributed by atoms with Crippen LogP contribution in [0.3, 0.4) is 0 Å². The fraction of sp³-hybridized carbons (Fsp3) is 0.435. The number of aliphatic hydroxyl groups is 1. The van der Waals surface area contributed by atoms with Crippen LogP contribution in [-0.4, -0.2) is 49.4 Å².